The number of hydrogen-bond acceptors (Lipinski definition) is 7. The van der Waals surface area contributed by atoms with E-state index in [0.717, 1.165) is 6.42 Å². The third-order valence-corrected chi connectivity index (χ3v) is 4.74. The minimum atomic E-state index is -1.22. The molecule has 0 aromatic rings. The fourth-order valence-electron chi connectivity index (χ4n) is 2.26. The fourth-order valence-corrected chi connectivity index (χ4v) is 2.51. The molecule has 0 saturated carbocycles. The van der Waals surface area contributed by atoms with Gasteiger partial charge in [-0.05, 0) is 31.7 Å². The monoisotopic (exact) mass is 419 g/mol. The zero-order valence-electron chi connectivity index (χ0n) is 16.4. The van der Waals surface area contributed by atoms with Crippen molar-refractivity contribution < 1.29 is 24.3 Å². The van der Waals surface area contributed by atoms with Gasteiger partial charge in [0.15, 0.2) is 0 Å². The average molecular weight is 420 g/mol. The number of carbonyl (C=O) groups excluding carboxylic acids is 3. The van der Waals surface area contributed by atoms with E-state index in [1.807, 2.05) is 13.8 Å². The Hall–Kier alpha value is -1.85. The number of rotatable bonds is 14. The van der Waals surface area contributed by atoms with Gasteiger partial charge in [0.25, 0.3) is 0 Å². The summed E-state index contributed by atoms with van der Waals surface area (Å²) in [6, 6.07) is -2.84. The summed E-state index contributed by atoms with van der Waals surface area (Å²) in [5, 5.41) is 16.3. The summed E-state index contributed by atoms with van der Waals surface area (Å²) >= 11 is 3.89. The molecule has 0 aromatic heterocycles. The molecule has 0 saturated heterocycles. The minimum absolute atomic E-state index is 0.0352. The van der Waals surface area contributed by atoms with Crippen LogP contribution in [0.3, 0.4) is 0 Å². The molecule has 0 aliphatic heterocycles. The molecule has 0 aliphatic rings. The molecule has 10 nitrogen and oxygen atoms in total. The van der Waals surface area contributed by atoms with Gasteiger partial charge in [0.1, 0.15) is 12.1 Å². The van der Waals surface area contributed by atoms with Crippen molar-refractivity contribution >= 4 is 36.3 Å². The highest BCUT2D eigenvalue weighted by Gasteiger charge is 2.26. The molecule has 0 fully saturated rings. The van der Waals surface area contributed by atoms with Gasteiger partial charge in [-0.25, -0.2) is 4.79 Å². The van der Waals surface area contributed by atoms with Gasteiger partial charge in [-0.3, -0.25) is 14.4 Å². The van der Waals surface area contributed by atoms with Crippen LogP contribution in [0.2, 0.25) is 0 Å². The number of hydrogen-bond donors (Lipinski definition) is 7. The number of carbonyl (C=O) groups is 4. The van der Waals surface area contributed by atoms with E-state index in [1.54, 1.807) is 0 Å². The van der Waals surface area contributed by atoms with Crippen molar-refractivity contribution in [2.75, 3.05) is 18.8 Å². The van der Waals surface area contributed by atoms with Gasteiger partial charge in [-0.2, -0.15) is 12.6 Å². The first-order chi connectivity index (χ1) is 13.2. The summed E-state index contributed by atoms with van der Waals surface area (Å²) < 4.78 is 0. The number of nitrogens with two attached hydrogens (primary N) is 2. The van der Waals surface area contributed by atoms with Gasteiger partial charge in [-0.1, -0.05) is 20.3 Å². The molecule has 4 atom stereocenters. The van der Waals surface area contributed by atoms with Crippen molar-refractivity contribution in [2.45, 2.75) is 57.7 Å². The zero-order valence-corrected chi connectivity index (χ0v) is 17.3. The summed E-state index contributed by atoms with van der Waals surface area (Å²) in [5.41, 5.74) is 11.2. The van der Waals surface area contributed by atoms with Crippen molar-refractivity contribution in [3.63, 3.8) is 0 Å². The van der Waals surface area contributed by atoms with Crippen LogP contribution in [0.5, 0.6) is 0 Å². The van der Waals surface area contributed by atoms with E-state index in [0.29, 0.717) is 19.4 Å². The molecule has 8 N–H and O–H groups in total. The van der Waals surface area contributed by atoms with Crippen LogP contribution in [-0.2, 0) is 19.2 Å². The van der Waals surface area contributed by atoms with Crippen molar-refractivity contribution in [1.82, 2.24) is 16.0 Å². The topological polar surface area (TPSA) is 177 Å². The number of aliphatic carboxylic acids is 1. The molecule has 0 heterocycles. The van der Waals surface area contributed by atoms with Gasteiger partial charge in [-0.15, -0.1) is 0 Å². The lowest BCUT2D eigenvalue weighted by Crippen LogP contribution is -2.54. The van der Waals surface area contributed by atoms with Crippen LogP contribution in [0.1, 0.15) is 39.5 Å². The van der Waals surface area contributed by atoms with E-state index in [2.05, 4.69) is 28.6 Å². The summed E-state index contributed by atoms with van der Waals surface area (Å²) in [5.74, 6) is -3.00. The highest BCUT2D eigenvalue weighted by Crippen LogP contribution is 2.05. The van der Waals surface area contributed by atoms with E-state index >= 15 is 0 Å². The smallest absolute Gasteiger partial charge is 0.327 e. The Kier molecular flexibility index (Phi) is 13.3. The van der Waals surface area contributed by atoms with Crippen LogP contribution in [0.15, 0.2) is 0 Å². The van der Waals surface area contributed by atoms with Gasteiger partial charge >= 0.3 is 5.97 Å². The zero-order chi connectivity index (χ0) is 21.7. The molecular weight excluding hydrogens is 386 g/mol. The Morgan fingerprint density at radius 1 is 1.07 bits per heavy atom. The third kappa shape index (κ3) is 9.90. The Labute approximate surface area is 171 Å². The lowest BCUT2D eigenvalue weighted by Gasteiger charge is -2.21. The quantitative estimate of drug-likeness (QED) is 0.134. The summed E-state index contributed by atoms with van der Waals surface area (Å²) in [7, 11) is 0. The molecule has 162 valence electrons. The Bertz CT molecular complexity index is 534. The van der Waals surface area contributed by atoms with Crippen LogP contribution in [0.25, 0.3) is 0 Å². The summed E-state index contributed by atoms with van der Waals surface area (Å²) in [6.07, 6.45) is 2.22. The second-order valence-corrected chi connectivity index (χ2v) is 6.98. The van der Waals surface area contributed by atoms with E-state index in [1.165, 1.54) is 0 Å². The first-order valence-electron chi connectivity index (χ1n) is 9.34. The molecule has 0 rings (SSSR count). The van der Waals surface area contributed by atoms with Crippen LogP contribution >= 0.6 is 12.6 Å². The lowest BCUT2D eigenvalue weighted by atomic mass is 9.99. The van der Waals surface area contributed by atoms with Gasteiger partial charge < -0.3 is 32.5 Å². The maximum absolute atomic E-state index is 12.4. The highest BCUT2D eigenvalue weighted by atomic mass is 32.1. The second-order valence-electron chi connectivity index (χ2n) is 6.62. The normalized spacial score (nSPS) is 15.0. The molecule has 0 radical (unpaired) electrons. The largest absolute Gasteiger partial charge is 0.480 e. The van der Waals surface area contributed by atoms with Gasteiger partial charge in [0.2, 0.25) is 17.7 Å². The SMILES string of the molecule is CCC(C)C(N)C(=O)NCC(=O)NC(CCCCN)C(=O)NC(CS)C(=O)O. The average Bonchev–Trinajstić information content (AvgIpc) is 2.67. The van der Waals surface area contributed by atoms with E-state index < -0.39 is 41.8 Å². The van der Waals surface area contributed by atoms with Crippen LogP contribution in [0, 0.1) is 5.92 Å². The van der Waals surface area contributed by atoms with Crippen molar-refractivity contribution in [2.24, 2.45) is 17.4 Å². The molecule has 0 aromatic carbocycles. The number of carboxylic acids is 1. The van der Waals surface area contributed by atoms with Crippen molar-refractivity contribution in [1.29, 1.82) is 0 Å². The fraction of sp³-hybridized carbons (Fsp3) is 0.765. The second kappa shape index (κ2) is 14.2. The maximum Gasteiger partial charge on any atom is 0.327 e. The summed E-state index contributed by atoms with van der Waals surface area (Å²) in [6.45, 7) is 3.84. The number of nitrogens with one attached hydrogen (secondary N) is 3. The van der Waals surface area contributed by atoms with Crippen LogP contribution in [-0.4, -0.2) is 65.8 Å². The number of unbranched alkanes of at least 4 members (excludes halogenated alkanes) is 1. The highest BCUT2D eigenvalue weighted by molar-refractivity contribution is 7.80. The van der Waals surface area contributed by atoms with Gasteiger partial charge in [0.05, 0.1) is 12.6 Å². The first kappa shape index (κ1) is 26.1. The first-order valence-corrected chi connectivity index (χ1v) is 9.97. The molecule has 0 spiro atoms. The predicted molar refractivity (Wildman–Crippen MR) is 109 cm³/mol. The van der Waals surface area contributed by atoms with Gasteiger partial charge in [0, 0.05) is 5.75 Å². The number of thiol groups is 1. The van der Waals surface area contributed by atoms with E-state index in [4.69, 9.17) is 16.6 Å². The lowest BCUT2D eigenvalue weighted by molar-refractivity contribution is -0.141. The molecule has 0 bridgehead atoms. The summed E-state index contributed by atoms with van der Waals surface area (Å²) in [4.78, 5) is 47.5. The standard InChI is InChI=1S/C17H33N5O5S/c1-3-10(2)14(19)16(25)20-8-13(23)21-11(6-4-5-7-18)15(24)22-12(9-28)17(26)27/h10-12,14,28H,3-9,18-19H2,1-2H3,(H,20,25)(H,21,23)(H,22,24)(H,26,27). The van der Waals surface area contributed by atoms with Crippen LogP contribution in [0.4, 0.5) is 0 Å². The molecule has 11 heteroatoms. The predicted octanol–water partition coefficient (Wildman–Crippen LogP) is -1.41. The molecule has 4 unspecified atom stereocenters. The van der Waals surface area contributed by atoms with E-state index in [-0.39, 0.29) is 24.6 Å². The third-order valence-electron chi connectivity index (χ3n) is 4.38. The molecule has 0 aliphatic carbocycles. The number of carboxylic acid groups (broad SMARTS) is 1. The maximum atomic E-state index is 12.4. The van der Waals surface area contributed by atoms with Crippen molar-refractivity contribution in [3.05, 3.63) is 0 Å². The van der Waals surface area contributed by atoms with E-state index in [9.17, 15) is 19.2 Å². The molecular formula is C17H33N5O5S. The molecule has 3 amide bonds. The van der Waals surface area contributed by atoms with Crippen LogP contribution < -0.4 is 27.4 Å². The Morgan fingerprint density at radius 3 is 2.21 bits per heavy atom. The Balaban J connectivity index is 4.80. The number of amides is 3. The Morgan fingerprint density at radius 2 is 1.71 bits per heavy atom. The van der Waals surface area contributed by atoms with Crippen molar-refractivity contribution in [3.8, 4) is 0 Å². The minimum Gasteiger partial charge on any atom is -0.480 e. The molecule has 28 heavy (non-hydrogen) atoms.